The molecule has 24 heavy (non-hydrogen) atoms. The van der Waals surface area contributed by atoms with Gasteiger partial charge in [0.15, 0.2) is 0 Å². The monoisotopic (exact) mass is 325 g/mol. The van der Waals surface area contributed by atoms with E-state index < -0.39 is 0 Å². The number of nitrogens with zero attached hydrogens (tertiary/aromatic N) is 4. The van der Waals surface area contributed by atoms with E-state index in [0.29, 0.717) is 6.04 Å². The lowest BCUT2D eigenvalue weighted by atomic mass is 10.2. The highest BCUT2D eigenvalue weighted by Gasteiger charge is 2.23. The van der Waals surface area contributed by atoms with Gasteiger partial charge >= 0.3 is 0 Å². The summed E-state index contributed by atoms with van der Waals surface area (Å²) in [6.45, 7) is 3.80. The Hall–Kier alpha value is -2.50. The minimum Gasteiger partial charge on any atom is -0.497 e. The fourth-order valence-electron chi connectivity index (χ4n) is 2.98. The number of anilines is 3. The predicted octanol–water partition coefficient (Wildman–Crippen LogP) is 2.39. The van der Waals surface area contributed by atoms with Crippen LogP contribution in [0.1, 0.15) is 12.8 Å². The lowest BCUT2D eigenvalue weighted by molar-refractivity contribution is 0.415. The minimum atomic E-state index is 0.611. The fourth-order valence-corrected chi connectivity index (χ4v) is 2.98. The van der Waals surface area contributed by atoms with Gasteiger partial charge in [0.2, 0.25) is 5.95 Å². The van der Waals surface area contributed by atoms with Crippen LogP contribution in [-0.4, -0.2) is 49.3 Å². The molecule has 1 aliphatic carbocycles. The molecular formula is C18H23N5O. The highest BCUT2D eigenvalue weighted by Crippen LogP contribution is 2.25. The van der Waals surface area contributed by atoms with Gasteiger partial charge in [-0.15, -0.1) is 0 Å². The molecule has 0 bridgehead atoms. The summed E-state index contributed by atoms with van der Waals surface area (Å²) < 4.78 is 5.23. The van der Waals surface area contributed by atoms with E-state index in [0.717, 1.165) is 43.7 Å². The van der Waals surface area contributed by atoms with Gasteiger partial charge in [-0.2, -0.15) is 4.98 Å². The van der Waals surface area contributed by atoms with Crippen molar-refractivity contribution in [3.05, 3.63) is 36.5 Å². The van der Waals surface area contributed by atoms with E-state index in [4.69, 9.17) is 4.74 Å². The number of hydrogen-bond acceptors (Lipinski definition) is 6. The molecule has 0 unspecified atom stereocenters. The predicted molar refractivity (Wildman–Crippen MR) is 96.1 cm³/mol. The van der Waals surface area contributed by atoms with Crippen LogP contribution in [0.15, 0.2) is 36.5 Å². The zero-order chi connectivity index (χ0) is 16.4. The second-order valence-electron chi connectivity index (χ2n) is 6.33. The molecule has 1 aliphatic heterocycles. The van der Waals surface area contributed by atoms with E-state index in [1.165, 1.54) is 18.5 Å². The third-order valence-corrected chi connectivity index (χ3v) is 4.57. The molecule has 6 nitrogen and oxygen atoms in total. The van der Waals surface area contributed by atoms with E-state index in [1.54, 1.807) is 7.11 Å². The average molecular weight is 325 g/mol. The molecule has 2 fully saturated rings. The number of hydrogen-bond donors (Lipinski definition) is 1. The summed E-state index contributed by atoms with van der Waals surface area (Å²) in [6, 6.07) is 10.8. The maximum Gasteiger partial charge on any atom is 0.227 e. The van der Waals surface area contributed by atoms with Gasteiger partial charge in [0, 0.05) is 44.1 Å². The third-order valence-electron chi connectivity index (χ3n) is 4.57. The highest BCUT2D eigenvalue weighted by atomic mass is 16.5. The molecule has 1 aromatic heterocycles. The molecule has 1 saturated heterocycles. The second-order valence-corrected chi connectivity index (χ2v) is 6.33. The minimum absolute atomic E-state index is 0.611. The van der Waals surface area contributed by atoms with E-state index in [1.807, 2.05) is 24.4 Å². The number of ether oxygens (including phenoxy) is 1. The van der Waals surface area contributed by atoms with Crippen LogP contribution in [-0.2, 0) is 0 Å². The lowest BCUT2D eigenvalue weighted by Crippen LogP contribution is -2.47. The number of methoxy groups -OCH3 is 1. The summed E-state index contributed by atoms with van der Waals surface area (Å²) in [6.07, 6.45) is 4.35. The Morgan fingerprint density at radius 1 is 1.00 bits per heavy atom. The molecule has 2 aliphatic rings. The van der Waals surface area contributed by atoms with E-state index in [9.17, 15) is 0 Å². The first-order valence-electron chi connectivity index (χ1n) is 8.55. The molecule has 4 rings (SSSR count). The molecule has 0 atom stereocenters. The van der Waals surface area contributed by atoms with Gasteiger partial charge < -0.3 is 19.9 Å². The number of aromatic nitrogens is 2. The summed E-state index contributed by atoms with van der Waals surface area (Å²) >= 11 is 0. The van der Waals surface area contributed by atoms with Crippen molar-refractivity contribution in [2.45, 2.75) is 18.9 Å². The SMILES string of the molecule is COc1ccc(N2CCN(c3nccc(NC4CC4)n3)CC2)cc1. The molecule has 0 amide bonds. The van der Waals surface area contributed by atoms with Crippen LogP contribution >= 0.6 is 0 Å². The lowest BCUT2D eigenvalue weighted by Gasteiger charge is -2.36. The van der Waals surface area contributed by atoms with Gasteiger partial charge in [-0.05, 0) is 43.2 Å². The van der Waals surface area contributed by atoms with Crippen molar-refractivity contribution in [2.75, 3.05) is 48.4 Å². The summed E-state index contributed by atoms with van der Waals surface area (Å²) in [5.41, 5.74) is 1.24. The van der Waals surface area contributed by atoms with Crippen molar-refractivity contribution in [3.8, 4) is 5.75 Å². The van der Waals surface area contributed by atoms with Crippen LogP contribution in [0, 0.1) is 0 Å². The number of benzene rings is 1. The molecular weight excluding hydrogens is 302 g/mol. The van der Waals surface area contributed by atoms with Crippen LogP contribution < -0.4 is 19.9 Å². The smallest absolute Gasteiger partial charge is 0.227 e. The van der Waals surface area contributed by atoms with Crippen molar-refractivity contribution >= 4 is 17.5 Å². The van der Waals surface area contributed by atoms with Gasteiger partial charge in [-0.3, -0.25) is 0 Å². The molecule has 1 aromatic carbocycles. The van der Waals surface area contributed by atoms with Gasteiger partial charge in [-0.25, -0.2) is 4.98 Å². The van der Waals surface area contributed by atoms with Crippen LogP contribution in [0.25, 0.3) is 0 Å². The molecule has 1 saturated carbocycles. The van der Waals surface area contributed by atoms with Crippen molar-refractivity contribution < 1.29 is 4.74 Å². The third kappa shape index (κ3) is 3.37. The normalized spacial score (nSPS) is 17.7. The summed E-state index contributed by atoms with van der Waals surface area (Å²) in [5.74, 6) is 2.67. The Morgan fingerprint density at radius 3 is 2.38 bits per heavy atom. The quantitative estimate of drug-likeness (QED) is 0.911. The zero-order valence-electron chi connectivity index (χ0n) is 14.0. The topological polar surface area (TPSA) is 53.5 Å². The van der Waals surface area contributed by atoms with Crippen molar-refractivity contribution in [1.82, 2.24) is 9.97 Å². The summed E-state index contributed by atoms with van der Waals surface area (Å²) in [4.78, 5) is 13.8. The molecule has 6 heteroatoms. The fraction of sp³-hybridized carbons (Fsp3) is 0.444. The van der Waals surface area contributed by atoms with Crippen LogP contribution in [0.5, 0.6) is 5.75 Å². The molecule has 0 spiro atoms. The molecule has 126 valence electrons. The number of rotatable bonds is 5. The van der Waals surface area contributed by atoms with E-state index in [-0.39, 0.29) is 0 Å². The van der Waals surface area contributed by atoms with Gasteiger partial charge in [0.05, 0.1) is 7.11 Å². The summed E-state index contributed by atoms with van der Waals surface area (Å²) in [7, 11) is 1.69. The molecule has 1 N–H and O–H groups in total. The van der Waals surface area contributed by atoms with Crippen molar-refractivity contribution in [1.29, 1.82) is 0 Å². The molecule has 0 radical (unpaired) electrons. The van der Waals surface area contributed by atoms with Gasteiger partial charge in [0.1, 0.15) is 11.6 Å². The first kappa shape index (κ1) is 15.1. The largest absolute Gasteiger partial charge is 0.497 e. The van der Waals surface area contributed by atoms with Gasteiger partial charge in [0.25, 0.3) is 0 Å². The van der Waals surface area contributed by atoms with Crippen molar-refractivity contribution in [3.63, 3.8) is 0 Å². The van der Waals surface area contributed by atoms with E-state index >= 15 is 0 Å². The number of nitrogens with one attached hydrogen (secondary N) is 1. The van der Waals surface area contributed by atoms with E-state index in [2.05, 4.69) is 37.2 Å². The van der Waals surface area contributed by atoms with Gasteiger partial charge in [-0.1, -0.05) is 0 Å². The Kier molecular flexibility index (Phi) is 4.11. The maximum absolute atomic E-state index is 5.23. The van der Waals surface area contributed by atoms with Crippen LogP contribution in [0.3, 0.4) is 0 Å². The first-order valence-corrected chi connectivity index (χ1v) is 8.55. The average Bonchev–Trinajstić information content (AvgIpc) is 3.46. The Bertz CT molecular complexity index is 678. The van der Waals surface area contributed by atoms with Crippen LogP contribution in [0.4, 0.5) is 17.5 Å². The number of piperazine rings is 1. The zero-order valence-corrected chi connectivity index (χ0v) is 14.0. The maximum atomic E-state index is 5.23. The first-order chi connectivity index (χ1) is 11.8. The second kappa shape index (κ2) is 6.55. The summed E-state index contributed by atoms with van der Waals surface area (Å²) in [5, 5.41) is 3.44. The van der Waals surface area contributed by atoms with Crippen LogP contribution in [0.2, 0.25) is 0 Å². The van der Waals surface area contributed by atoms with Crippen molar-refractivity contribution in [2.24, 2.45) is 0 Å². The molecule has 2 heterocycles. The Labute approximate surface area is 142 Å². The highest BCUT2D eigenvalue weighted by molar-refractivity contribution is 5.51. The molecule has 2 aromatic rings. The Balaban J connectivity index is 1.38. The standard InChI is InChI=1S/C18H23N5O/c1-24-16-6-4-15(5-7-16)22-10-12-23(13-11-22)18-19-9-8-17(21-18)20-14-2-3-14/h4-9,14H,2-3,10-13H2,1H3,(H,19,20,21). The Morgan fingerprint density at radius 2 is 1.71 bits per heavy atom.